The zero-order valence-corrected chi connectivity index (χ0v) is 9.94. The van der Waals surface area contributed by atoms with Crippen molar-refractivity contribution in [2.45, 2.75) is 13.3 Å². The Balaban J connectivity index is 2.38. The van der Waals surface area contributed by atoms with Gasteiger partial charge in [0.1, 0.15) is 0 Å². The zero-order chi connectivity index (χ0) is 12.3. The van der Waals surface area contributed by atoms with Gasteiger partial charge in [-0.2, -0.15) is 0 Å². The van der Waals surface area contributed by atoms with Crippen molar-refractivity contribution < 1.29 is 4.79 Å². The Morgan fingerprint density at radius 2 is 2.18 bits per heavy atom. The standard InChI is InChI=1S/C13H17N3O/c1-2-15-8-7-10-9-16(13(14)17)12-6-4-3-5-11(10)12/h3-6,9,15H,2,7-8H2,1H3,(H2,14,17). The van der Waals surface area contributed by atoms with E-state index in [0.717, 1.165) is 36.0 Å². The second-order valence-electron chi connectivity index (χ2n) is 3.98. The number of para-hydroxylation sites is 1. The summed E-state index contributed by atoms with van der Waals surface area (Å²) in [7, 11) is 0. The predicted octanol–water partition coefficient (Wildman–Crippen LogP) is 1.72. The molecule has 17 heavy (non-hydrogen) atoms. The number of nitrogens with one attached hydrogen (secondary N) is 1. The molecule has 2 rings (SSSR count). The molecular weight excluding hydrogens is 214 g/mol. The number of hydrogen-bond donors (Lipinski definition) is 2. The summed E-state index contributed by atoms with van der Waals surface area (Å²) in [4.78, 5) is 11.3. The first kappa shape index (κ1) is 11.7. The van der Waals surface area contributed by atoms with E-state index in [9.17, 15) is 4.79 Å². The number of benzene rings is 1. The van der Waals surface area contributed by atoms with Crippen LogP contribution in [0.5, 0.6) is 0 Å². The average molecular weight is 231 g/mol. The van der Waals surface area contributed by atoms with E-state index >= 15 is 0 Å². The lowest BCUT2D eigenvalue weighted by Gasteiger charge is -1.99. The van der Waals surface area contributed by atoms with Gasteiger partial charge in [0.25, 0.3) is 0 Å². The van der Waals surface area contributed by atoms with Gasteiger partial charge in [-0.1, -0.05) is 25.1 Å². The van der Waals surface area contributed by atoms with E-state index < -0.39 is 6.03 Å². The summed E-state index contributed by atoms with van der Waals surface area (Å²) in [6, 6.07) is 7.39. The van der Waals surface area contributed by atoms with E-state index in [0.29, 0.717) is 0 Å². The van der Waals surface area contributed by atoms with Crippen LogP contribution in [0.1, 0.15) is 12.5 Å². The lowest BCUT2D eigenvalue weighted by molar-refractivity contribution is 0.251. The first-order valence-corrected chi connectivity index (χ1v) is 5.83. The van der Waals surface area contributed by atoms with Gasteiger partial charge in [0.2, 0.25) is 0 Å². The maximum absolute atomic E-state index is 11.3. The number of carbonyl (C=O) groups excluding carboxylic acids is 1. The number of carbonyl (C=O) groups is 1. The number of primary amides is 1. The van der Waals surface area contributed by atoms with Crippen LogP contribution in [0.15, 0.2) is 30.5 Å². The Morgan fingerprint density at radius 1 is 1.41 bits per heavy atom. The number of fused-ring (bicyclic) bond motifs is 1. The number of amides is 1. The van der Waals surface area contributed by atoms with E-state index in [1.54, 1.807) is 0 Å². The van der Waals surface area contributed by atoms with Crippen LogP contribution in [0.3, 0.4) is 0 Å². The molecular formula is C13H17N3O. The third-order valence-corrected chi connectivity index (χ3v) is 2.85. The number of likely N-dealkylation sites (N-methyl/N-ethyl adjacent to an activating group) is 1. The van der Waals surface area contributed by atoms with Crippen molar-refractivity contribution in [3.63, 3.8) is 0 Å². The number of aromatic nitrogens is 1. The number of nitrogens with zero attached hydrogens (tertiary/aromatic N) is 1. The van der Waals surface area contributed by atoms with Crippen LogP contribution in [0, 0.1) is 0 Å². The van der Waals surface area contributed by atoms with Gasteiger partial charge in [-0.3, -0.25) is 4.57 Å². The summed E-state index contributed by atoms with van der Waals surface area (Å²) in [5.74, 6) is 0. The van der Waals surface area contributed by atoms with Gasteiger partial charge in [0.15, 0.2) is 0 Å². The molecule has 1 aromatic heterocycles. The van der Waals surface area contributed by atoms with E-state index in [1.165, 1.54) is 4.57 Å². The maximum Gasteiger partial charge on any atom is 0.323 e. The van der Waals surface area contributed by atoms with E-state index in [1.807, 2.05) is 30.5 Å². The van der Waals surface area contributed by atoms with Crippen molar-refractivity contribution >= 4 is 16.9 Å². The van der Waals surface area contributed by atoms with Crippen LogP contribution in [0.25, 0.3) is 10.9 Å². The second kappa shape index (κ2) is 5.01. The van der Waals surface area contributed by atoms with Gasteiger partial charge < -0.3 is 11.1 Å². The molecule has 0 saturated heterocycles. The predicted molar refractivity (Wildman–Crippen MR) is 69.2 cm³/mol. The highest BCUT2D eigenvalue weighted by atomic mass is 16.2. The fraction of sp³-hybridized carbons (Fsp3) is 0.308. The largest absolute Gasteiger partial charge is 0.351 e. The molecule has 4 heteroatoms. The molecule has 3 N–H and O–H groups in total. The fourth-order valence-electron chi connectivity index (χ4n) is 2.03. The molecule has 0 aliphatic carbocycles. The molecule has 2 aromatic rings. The van der Waals surface area contributed by atoms with Crippen molar-refractivity contribution in [3.05, 3.63) is 36.0 Å². The quantitative estimate of drug-likeness (QED) is 0.787. The SMILES string of the molecule is CCNCCc1cn(C(N)=O)c2ccccc12. The summed E-state index contributed by atoms with van der Waals surface area (Å²) in [5, 5.41) is 4.38. The molecule has 0 bridgehead atoms. The van der Waals surface area contributed by atoms with Crippen molar-refractivity contribution in [1.29, 1.82) is 0 Å². The molecule has 0 radical (unpaired) electrons. The highest BCUT2D eigenvalue weighted by Crippen LogP contribution is 2.21. The van der Waals surface area contributed by atoms with Crippen LogP contribution in [-0.2, 0) is 6.42 Å². The third kappa shape index (κ3) is 2.31. The molecule has 0 fully saturated rings. The molecule has 0 unspecified atom stereocenters. The molecule has 1 aromatic carbocycles. The molecule has 1 amide bonds. The molecule has 0 aliphatic heterocycles. The van der Waals surface area contributed by atoms with Crippen molar-refractivity contribution in [2.75, 3.05) is 13.1 Å². The van der Waals surface area contributed by atoms with E-state index in [2.05, 4.69) is 12.2 Å². The monoisotopic (exact) mass is 231 g/mol. The lowest BCUT2D eigenvalue weighted by atomic mass is 10.1. The fourth-order valence-corrected chi connectivity index (χ4v) is 2.03. The summed E-state index contributed by atoms with van der Waals surface area (Å²) in [6.07, 6.45) is 2.74. The van der Waals surface area contributed by atoms with Gasteiger partial charge in [-0.25, -0.2) is 4.79 Å². The van der Waals surface area contributed by atoms with Crippen LogP contribution >= 0.6 is 0 Å². The Kier molecular flexibility index (Phi) is 3.44. The maximum atomic E-state index is 11.3. The van der Waals surface area contributed by atoms with Crippen molar-refractivity contribution in [2.24, 2.45) is 5.73 Å². The van der Waals surface area contributed by atoms with Crippen LogP contribution < -0.4 is 11.1 Å². The topological polar surface area (TPSA) is 60.1 Å². The minimum Gasteiger partial charge on any atom is -0.351 e. The molecule has 4 nitrogen and oxygen atoms in total. The third-order valence-electron chi connectivity index (χ3n) is 2.85. The van der Waals surface area contributed by atoms with Gasteiger partial charge >= 0.3 is 6.03 Å². The molecule has 1 heterocycles. The zero-order valence-electron chi connectivity index (χ0n) is 9.94. The number of nitrogens with two attached hydrogens (primary N) is 1. The Hall–Kier alpha value is -1.81. The smallest absolute Gasteiger partial charge is 0.323 e. The second-order valence-corrected chi connectivity index (χ2v) is 3.98. The van der Waals surface area contributed by atoms with Crippen LogP contribution in [0.2, 0.25) is 0 Å². The summed E-state index contributed by atoms with van der Waals surface area (Å²) in [6.45, 7) is 3.93. The molecule has 0 aliphatic rings. The highest BCUT2D eigenvalue weighted by Gasteiger charge is 2.10. The minimum absolute atomic E-state index is 0.434. The Labute approximate surface area is 100 Å². The molecule has 0 atom stereocenters. The number of hydrogen-bond acceptors (Lipinski definition) is 2. The summed E-state index contributed by atoms with van der Waals surface area (Å²) in [5.41, 5.74) is 7.39. The molecule has 0 spiro atoms. The molecule has 90 valence electrons. The average Bonchev–Trinajstić information content (AvgIpc) is 2.69. The Morgan fingerprint density at radius 3 is 2.88 bits per heavy atom. The van der Waals surface area contributed by atoms with Crippen LogP contribution in [-0.4, -0.2) is 23.7 Å². The summed E-state index contributed by atoms with van der Waals surface area (Å²) < 4.78 is 1.51. The van der Waals surface area contributed by atoms with E-state index in [-0.39, 0.29) is 0 Å². The van der Waals surface area contributed by atoms with Crippen molar-refractivity contribution in [1.82, 2.24) is 9.88 Å². The van der Waals surface area contributed by atoms with Crippen LogP contribution in [0.4, 0.5) is 4.79 Å². The Bertz CT molecular complexity index is 530. The number of rotatable bonds is 4. The molecule has 0 saturated carbocycles. The van der Waals surface area contributed by atoms with Gasteiger partial charge in [-0.15, -0.1) is 0 Å². The summed E-state index contributed by atoms with van der Waals surface area (Å²) >= 11 is 0. The first-order chi connectivity index (χ1) is 8.24. The normalized spacial score (nSPS) is 10.9. The highest BCUT2D eigenvalue weighted by molar-refractivity contribution is 5.93. The first-order valence-electron chi connectivity index (χ1n) is 5.83. The van der Waals surface area contributed by atoms with E-state index in [4.69, 9.17) is 5.73 Å². The van der Waals surface area contributed by atoms with Gasteiger partial charge in [0, 0.05) is 11.6 Å². The minimum atomic E-state index is -0.434. The van der Waals surface area contributed by atoms with Gasteiger partial charge in [0.05, 0.1) is 5.52 Å². The lowest BCUT2D eigenvalue weighted by Crippen LogP contribution is -2.18. The van der Waals surface area contributed by atoms with Gasteiger partial charge in [-0.05, 0) is 31.1 Å². The van der Waals surface area contributed by atoms with Crippen molar-refractivity contribution in [3.8, 4) is 0 Å².